The van der Waals surface area contributed by atoms with Gasteiger partial charge in [-0.2, -0.15) is 4.98 Å². The first-order chi connectivity index (χ1) is 12.7. The maximum atomic E-state index is 11.7. The molecule has 0 saturated carbocycles. The number of halogens is 1. The second-order valence-electron chi connectivity index (χ2n) is 5.31. The van der Waals surface area contributed by atoms with Crippen LogP contribution in [0.5, 0.6) is 5.75 Å². The molecule has 0 fully saturated rings. The van der Waals surface area contributed by atoms with Crippen LogP contribution < -0.4 is 10.1 Å². The number of para-hydroxylation sites is 1. The largest absolute Gasteiger partial charge is 0.483 e. The van der Waals surface area contributed by atoms with Crippen molar-refractivity contribution in [3.8, 4) is 28.6 Å². The molecule has 6 nitrogen and oxygen atoms in total. The minimum absolute atomic E-state index is 0.121. The van der Waals surface area contributed by atoms with Gasteiger partial charge in [0.2, 0.25) is 5.82 Å². The maximum absolute atomic E-state index is 11.7. The van der Waals surface area contributed by atoms with E-state index in [1.807, 2.05) is 12.1 Å². The lowest BCUT2D eigenvalue weighted by molar-refractivity contribution is -0.122. The molecule has 0 aliphatic heterocycles. The van der Waals surface area contributed by atoms with Gasteiger partial charge in [-0.15, -0.1) is 6.58 Å². The normalized spacial score (nSPS) is 10.3. The molecule has 0 bridgehead atoms. The van der Waals surface area contributed by atoms with Gasteiger partial charge in [0.05, 0.1) is 5.56 Å². The molecule has 0 aliphatic carbocycles. The monoisotopic (exact) mass is 369 g/mol. The van der Waals surface area contributed by atoms with E-state index >= 15 is 0 Å². The van der Waals surface area contributed by atoms with Gasteiger partial charge >= 0.3 is 0 Å². The van der Waals surface area contributed by atoms with E-state index in [0.29, 0.717) is 34.6 Å². The Kier molecular flexibility index (Phi) is 5.66. The van der Waals surface area contributed by atoms with Crippen LogP contribution in [0.3, 0.4) is 0 Å². The van der Waals surface area contributed by atoms with Crippen molar-refractivity contribution < 1.29 is 14.1 Å². The summed E-state index contributed by atoms with van der Waals surface area (Å²) in [6, 6.07) is 14.3. The summed E-state index contributed by atoms with van der Waals surface area (Å²) in [7, 11) is 0. The minimum atomic E-state index is -0.243. The Hall–Kier alpha value is -3.12. The third-order valence-corrected chi connectivity index (χ3v) is 3.66. The standard InChI is InChI=1S/C19H16ClN3O3/c1-2-10-21-17(24)12-25-16-9-4-3-8-15(16)18-22-19(26-23-18)13-6-5-7-14(20)11-13/h2-9,11H,1,10,12H2,(H,21,24). The lowest BCUT2D eigenvalue weighted by atomic mass is 10.2. The molecule has 26 heavy (non-hydrogen) atoms. The van der Waals surface area contributed by atoms with Crippen molar-refractivity contribution in [2.24, 2.45) is 0 Å². The highest BCUT2D eigenvalue weighted by atomic mass is 35.5. The van der Waals surface area contributed by atoms with Crippen LogP contribution in [0.1, 0.15) is 0 Å². The summed E-state index contributed by atoms with van der Waals surface area (Å²) in [6.07, 6.45) is 1.60. The Morgan fingerprint density at radius 3 is 2.92 bits per heavy atom. The Bertz CT molecular complexity index is 924. The second kappa shape index (κ2) is 8.31. The first-order valence-electron chi connectivity index (χ1n) is 7.87. The fourth-order valence-electron chi connectivity index (χ4n) is 2.23. The van der Waals surface area contributed by atoms with E-state index in [1.54, 1.807) is 42.5 Å². The first-order valence-corrected chi connectivity index (χ1v) is 8.24. The fraction of sp³-hybridized carbons (Fsp3) is 0.105. The van der Waals surface area contributed by atoms with Crippen LogP contribution in [0.15, 0.2) is 65.7 Å². The minimum Gasteiger partial charge on any atom is -0.483 e. The van der Waals surface area contributed by atoms with Crippen LogP contribution in [0.2, 0.25) is 5.02 Å². The number of ether oxygens (including phenoxy) is 1. The van der Waals surface area contributed by atoms with Gasteiger partial charge in [0.15, 0.2) is 6.61 Å². The van der Waals surface area contributed by atoms with E-state index < -0.39 is 0 Å². The van der Waals surface area contributed by atoms with Gasteiger partial charge in [-0.1, -0.05) is 41.0 Å². The van der Waals surface area contributed by atoms with E-state index in [0.717, 1.165) is 5.56 Å². The maximum Gasteiger partial charge on any atom is 0.258 e. The number of amides is 1. The zero-order chi connectivity index (χ0) is 18.4. The first kappa shape index (κ1) is 17.7. The molecule has 0 aliphatic rings. The predicted molar refractivity (Wildman–Crippen MR) is 98.9 cm³/mol. The highest BCUT2D eigenvalue weighted by Gasteiger charge is 2.15. The van der Waals surface area contributed by atoms with Crippen LogP contribution in [0, 0.1) is 0 Å². The summed E-state index contributed by atoms with van der Waals surface area (Å²) in [6.45, 7) is 3.81. The quantitative estimate of drug-likeness (QED) is 0.642. The Labute approximate surface area is 155 Å². The molecule has 3 rings (SSSR count). The Balaban J connectivity index is 1.80. The highest BCUT2D eigenvalue weighted by molar-refractivity contribution is 6.30. The van der Waals surface area contributed by atoms with E-state index in [2.05, 4.69) is 22.0 Å². The topological polar surface area (TPSA) is 77.2 Å². The number of hydrogen-bond acceptors (Lipinski definition) is 5. The van der Waals surface area contributed by atoms with Crippen LogP contribution >= 0.6 is 11.6 Å². The van der Waals surface area contributed by atoms with Crippen molar-refractivity contribution in [1.29, 1.82) is 0 Å². The lowest BCUT2D eigenvalue weighted by Gasteiger charge is -2.08. The van der Waals surface area contributed by atoms with Gasteiger partial charge < -0.3 is 14.6 Å². The third-order valence-electron chi connectivity index (χ3n) is 3.43. The average Bonchev–Trinajstić information content (AvgIpc) is 3.15. The van der Waals surface area contributed by atoms with Gasteiger partial charge in [-0.25, -0.2) is 0 Å². The van der Waals surface area contributed by atoms with Crippen molar-refractivity contribution >= 4 is 17.5 Å². The van der Waals surface area contributed by atoms with E-state index in [1.165, 1.54) is 0 Å². The van der Waals surface area contributed by atoms with E-state index in [4.69, 9.17) is 20.9 Å². The van der Waals surface area contributed by atoms with E-state index in [9.17, 15) is 4.79 Å². The van der Waals surface area contributed by atoms with Gasteiger partial charge in [0.1, 0.15) is 5.75 Å². The number of hydrogen-bond donors (Lipinski definition) is 1. The molecule has 132 valence electrons. The van der Waals surface area contributed by atoms with Gasteiger partial charge in [-0.3, -0.25) is 4.79 Å². The zero-order valence-corrected chi connectivity index (χ0v) is 14.6. The van der Waals surface area contributed by atoms with Gasteiger partial charge in [0.25, 0.3) is 11.8 Å². The molecule has 0 radical (unpaired) electrons. The molecule has 2 aromatic carbocycles. The van der Waals surface area contributed by atoms with Crippen LogP contribution in [-0.4, -0.2) is 29.2 Å². The third kappa shape index (κ3) is 4.29. The molecule has 1 aromatic heterocycles. The van der Waals surface area contributed by atoms with Crippen LogP contribution in [0.4, 0.5) is 0 Å². The van der Waals surface area contributed by atoms with Crippen LogP contribution in [0.25, 0.3) is 22.8 Å². The lowest BCUT2D eigenvalue weighted by Crippen LogP contribution is -2.28. The number of rotatable bonds is 7. The summed E-state index contributed by atoms with van der Waals surface area (Å²) in [5.41, 5.74) is 1.35. The zero-order valence-electron chi connectivity index (χ0n) is 13.8. The fourth-order valence-corrected chi connectivity index (χ4v) is 2.42. The Morgan fingerprint density at radius 2 is 2.12 bits per heavy atom. The molecular formula is C19H16ClN3O3. The molecule has 0 spiro atoms. The van der Waals surface area contributed by atoms with Crippen molar-refractivity contribution in [2.75, 3.05) is 13.2 Å². The summed E-state index contributed by atoms with van der Waals surface area (Å²) >= 11 is 6.00. The number of nitrogens with zero attached hydrogens (tertiary/aromatic N) is 2. The number of benzene rings is 2. The van der Waals surface area contributed by atoms with Gasteiger partial charge in [-0.05, 0) is 30.3 Å². The molecule has 7 heteroatoms. The van der Waals surface area contributed by atoms with Crippen molar-refractivity contribution in [3.05, 3.63) is 66.2 Å². The number of aromatic nitrogens is 2. The smallest absolute Gasteiger partial charge is 0.258 e. The van der Waals surface area contributed by atoms with Crippen molar-refractivity contribution in [1.82, 2.24) is 15.5 Å². The number of nitrogens with one attached hydrogen (secondary N) is 1. The predicted octanol–water partition coefficient (Wildman–Crippen LogP) is 3.74. The van der Waals surface area contributed by atoms with Crippen LogP contribution in [-0.2, 0) is 4.79 Å². The second-order valence-corrected chi connectivity index (χ2v) is 5.75. The van der Waals surface area contributed by atoms with Gasteiger partial charge in [0, 0.05) is 17.1 Å². The summed E-state index contributed by atoms with van der Waals surface area (Å²) < 4.78 is 10.9. The molecule has 1 heterocycles. The van der Waals surface area contributed by atoms with E-state index in [-0.39, 0.29) is 12.5 Å². The molecular weight excluding hydrogens is 354 g/mol. The van der Waals surface area contributed by atoms with Crippen molar-refractivity contribution in [2.45, 2.75) is 0 Å². The number of carbonyl (C=O) groups is 1. The molecule has 0 saturated heterocycles. The SMILES string of the molecule is C=CCNC(=O)COc1ccccc1-c1noc(-c2cccc(Cl)c2)n1. The Morgan fingerprint density at radius 1 is 1.27 bits per heavy atom. The molecule has 1 amide bonds. The molecule has 1 N–H and O–H groups in total. The number of carbonyl (C=O) groups excluding carboxylic acids is 1. The average molecular weight is 370 g/mol. The van der Waals surface area contributed by atoms with Crippen molar-refractivity contribution in [3.63, 3.8) is 0 Å². The molecule has 0 atom stereocenters. The summed E-state index contributed by atoms with van der Waals surface area (Å²) in [4.78, 5) is 16.1. The highest BCUT2D eigenvalue weighted by Crippen LogP contribution is 2.30. The molecule has 3 aromatic rings. The summed E-state index contributed by atoms with van der Waals surface area (Å²) in [5.74, 6) is 0.954. The summed E-state index contributed by atoms with van der Waals surface area (Å²) in [5, 5.41) is 7.24. The molecule has 0 unspecified atom stereocenters.